The minimum absolute atomic E-state index is 0.264. The van der Waals surface area contributed by atoms with E-state index in [1.165, 1.54) is 0 Å². The van der Waals surface area contributed by atoms with Crippen LogP contribution < -0.4 is 16.8 Å². The van der Waals surface area contributed by atoms with Gasteiger partial charge in [-0.1, -0.05) is 0 Å². The molecule has 17 heavy (non-hydrogen) atoms. The van der Waals surface area contributed by atoms with Crippen LogP contribution in [0.15, 0.2) is 0 Å². The first-order valence-corrected chi connectivity index (χ1v) is 5.16. The molecule has 0 aromatic carbocycles. The van der Waals surface area contributed by atoms with E-state index in [4.69, 9.17) is 16.2 Å². The van der Waals surface area contributed by atoms with Gasteiger partial charge in [-0.25, -0.2) is 4.79 Å². The van der Waals surface area contributed by atoms with Crippen LogP contribution in [0.1, 0.15) is 6.42 Å². The Hall–Kier alpha value is -1.51. The topological polar surface area (TPSA) is 134 Å². The van der Waals surface area contributed by atoms with Crippen molar-refractivity contribution in [3.05, 3.63) is 0 Å². The lowest BCUT2D eigenvalue weighted by Gasteiger charge is -2.17. The van der Waals surface area contributed by atoms with Crippen LogP contribution in [-0.2, 0) is 23.9 Å². The van der Waals surface area contributed by atoms with E-state index in [0.29, 0.717) is 13.0 Å². The van der Waals surface area contributed by atoms with Crippen LogP contribution in [0.25, 0.3) is 0 Å². The third-order valence-corrected chi connectivity index (χ3v) is 2.25. The number of hydrogen-bond acceptors (Lipinski definition) is 8. The molecule has 2 atom stereocenters. The molecular formula is C9H15N3O5. The lowest BCUT2D eigenvalue weighted by molar-refractivity contribution is -0.163. The van der Waals surface area contributed by atoms with Crippen LogP contribution in [0.3, 0.4) is 0 Å². The molecule has 1 aliphatic rings. The highest BCUT2D eigenvalue weighted by Crippen LogP contribution is 2.13. The van der Waals surface area contributed by atoms with Crippen molar-refractivity contribution in [2.45, 2.75) is 18.6 Å². The van der Waals surface area contributed by atoms with Crippen LogP contribution in [-0.4, -0.2) is 49.7 Å². The van der Waals surface area contributed by atoms with Crippen LogP contribution in [0, 0.1) is 0 Å². The maximum atomic E-state index is 11.5. The van der Waals surface area contributed by atoms with Crippen molar-refractivity contribution < 1.29 is 23.9 Å². The number of nitrogens with two attached hydrogens (primary N) is 2. The number of rotatable bonds is 4. The zero-order chi connectivity index (χ0) is 12.8. The Balaban J connectivity index is 2.53. The summed E-state index contributed by atoms with van der Waals surface area (Å²) < 4.78 is 9.38. The van der Waals surface area contributed by atoms with Gasteiger partial charge in [0.05, 0.1) is 13.1 Å². The lowest BCUT2D eigenvalue weighted by Crippen LogP contribution is -2.43. The summed E-state index contributed by atoms with van der Waals surface area (Å²) in [4.78, 5) is 33.4. The highest BCUT2D eigenvalue weighted by atomic mass is 16.6. The van der Waals surface area contributed by atoms with Crippen molar-refractivity contribution >= 4 is 17.9 Å². The van der Waals surface area contributed by atoms with E-state index in [9.17, 15) is 14.4 Å². The van der Waals surface area contributed by atoms with Gasteiger partial charge in [-0.3, -0.25) is 9.59 Å². The summed E-state index contributed by atoms with van der Waals surface area (Å²) in [5.74, 6) is -2.23. The maximum absolute atomic E-state index is 11.5. The Morgan fingerprint density at radius 3 is 2.41 bits per heavy atom. The molecule has 1 saturated heterocycles. The van der Waals surface area contributed by atoms with Gasteiger partial charge in [0.15, 0.2) is 0 Å². The predicted molar refractivity (Wildman–Crippen MR) is 55.5 cm³/mol. The standard InChI is InChI=1S/C9H15N3O5/c10-3-6(13)16-5-1-2-12-8(5)9(15)17-7(14)4-11/h5,8,12H,1-4,10-11H2/t5?,8-/m0/s1. The summed E-state index contributed by atoms with van der Waals surface area (Å²) in [6.07, 6.45) is -0.202. The zero-order valence-electron chi connectivity index (χ0n) is 9.18. The van der Waals surface area contributed by atoms with Crippen molar-refractivity contribution in [1.29, 1.82) is 0 Å². The number of carbonyl (C=O) groups excluding carboxylic acids is 3. The largest absolute Gasteiger partial charge is 0.459 e. The fraction of sp³-hybridized carbons (Fsp3) is 0.667. The van der Waals surface area contributed by atoms with E-state index in [1.807, 2.05) is 0 Å². The molecule has 8 heteroatoms. The molecule has 1 rings (SSSR count). The highest BCUT2D eigenvalue weighted by molar-refractivity contribution is 5.90. The van der Waals surface area contributed by atoms with Crippen LogP contribution in [0.5, 0.6) is 0 Å². The molecule has 0 aromatic heterocycles. The third-order valence-electron chi connectivity index (χ3n) is 2.25. The average Bonchev–Trinajstić information content (AvgIpc) is 2.76. The van der Waals surface area contributed by atoms with Gasteiger partial charge in [0.2, 0.25) is 0 Å². The summed E-state index contributed by atoms with van der Waals surface area (Å²) in [6.45, 7) is -0.162. The zero-order valence-corrected chi connectivity index (χ0v) is 9.18. The quantitative estimate of drug-likeness (QED) is 0.358. The number of esters is 3. The van der Waals surface area contributed by atoms with Gasteiger partial charge in [0.25, 0.3) is 0 Å². The minimum Gasteiger partial charge on any atom is -0.459 e. The maximum Gasteiger partial charge on any atom is 0.334 e. The van der Waals surface area contributed by atoms with Gasteiger partial charge in [0, 0.05) is 0 Å². The molecule has 8 nitrogen and oxygen atoms in total. The lowest BCUT2D eigenvalue weighted by atomic mass is 10.2. The molecule has 1 aliphatic heterocycles. The number of ether oxygens (including phenoxy) is 2. The second-order valence-electron chi connectivity index (χ2n) is 3.45. The van der Waals surface area contributed by atoms with Gasteiger partial charge >= 0.3 is 17.9 Å². The van der Waals surface area contributed by atoms with Crippen molar-refractivity contribution in [2.24, 2.45) is 11.5 Å². The molecule has 0 aromatic rings. The summed E-state index contributed by atoms with van der Waals surface area (Å²) in [5.41, 5.74) is 10.1. The van der Waals surface area contributed by atoms with Gasteiger partial charge < -0.3 is 26.3 Å². The van der Waals surface area contributed by atoms with E-state index in [-0.39, 0.29) is 13.1 Å². The molecule has 5 N–H and O–H groups in total. The molecule has 0 amide bonds. The van der Waals surface area contributed by atoms with E-state index in [2.05, 4.69) is 10.1 Å². The molecule has 0 aliphatic carbocycles. The molecule has 1 heterocycles. The Morgan fingerprint density at radius 1 is 1.18 bits per heavy atom. The fourth-order valence-electron chi connectivity index (χ4n) is 1.48. The van der Waals surface area contributed by atoms with E-state index in [0.717, 1.165) is 0 Å². The summed E-state index contributed by atoms with van der Waals surface area (Å²) in [5, 5.41) is 2.78. The Labute approximate surface area is 97.6 Å². The molecule has 1 unspecified atom stereocenters. The average molecular weight is 245 g/mol. The normalized spacial score (nSPS) is 23.2. The third kappa shape index (κ3) is 3.77. The van der Waals surface area contributed by atoms with Gasteiger partial charge in [-0.15, -0.1) is 0 Å². The molecule has 0 bridgehead atoms. The molecule has 1 fully saturated rings. The smallest absolute Gasteiger partial charge is 0.334 e. The first-order chi connectivity index (χ1) is 8.08. The van der Waals surface area contributed by atoms with Crippen LogP contribution in [0.2, 0.25) is 0 Å². The first kappa shape index (κ1) is 13.6. The van der Waals surface area contributed by atoms with E-state index in [1.54, 1.807) is 0 Å². The number of nitrogens with one attached hydrogen (secondary N) is 1. The molecule has 96 valence electrons. The number of carbonyl (C=O) groups is 3. The fourth-order valence-corrected chi connectivity index (χ4v) is 1.48. The van der Waals surface area contributed by atoms with E-state index >= 15 is 0 Å². The Bertz CT molecular complexity index is 320. The van der Waals surface area contributed by atoms with Crippen molar-refractivity contribution in [3.63, 3.8) is 0 Å². The summed E-state index contributed by atoms with van der Waals surface area (Å²) in [6, 6.07) is -0.846. The predicted octanol–water partition coefficient (Wildman–Crippen LogP) is -2.75. The van der Waals surface area contributed by atoms with Crippen molar-refractivity contribution in [1.82, 2.24) is 5.32 Å². The van der Waals surface area contributed by atoms with E-state index < -0.39 is 30.1 Å². The number of hydrogen-bond donors (Lipinski definition) is 3. The summed E-state index contributed by atoms with van der Waals surface area (Å²) >= 11 is 0. The van der Waals surface area contributed by atoms with Crippen LogP contribution >= 0.6 is 0 Å². The molecule has 0 spiro atoms. The Kier molecular flexibility index (Phi) is 5.01. The highest BCUT2D eigenvalue weighted by Gasteiger charge is 2.37. The molecule has 0 saturated carbocycles. The van der Waals surface area contributed by atoms with Crippen molar-refractivity contribution in [2.75, 3.05) is 19.6 Å². The van der Waals surface area contributed by atoms with Gasteiger partial charge in [-0.2, -0.15) is 0 Å². The molecular weight excluding hydrogens is 230 g/mol. The second-order valence-corrected chi connectivity index (χ2v) is 3.45. The van der Waals surface area contributed by atoms with Gasteiger partial charge in [0.1, 0.15) is 12.1 Å². The monoisotopic (exact) mass is 245 g/mol. The Morgan fingerprint density at radius 2 is 1.82 bits per heavy atom. The first-order valence-electron chi connectivity index (χ1n) is 5.16. The summed E-state index contributed by atoms with van der Waals surface area (Å²) in [7, 11) is 0. The molecule has 0 radical (unpaired) electrons. The minimum atomic E-state index is -0.846. The van der Waals surface area contributed by atoms with Crippen molar-refractivity contribution in [3.8, 4) is 0 Å². The van der Waals surface area contributed by atoms with Crippen LogP contribution in [0.4, 0.5) is 0 Å². The van der Waals surface area contributed by atoms with Gasteiger partial charge in [-0.05, 0) is 13.0 Å². The second kappa shape index (κ2) is 6.28. The SMILES string of the molecule is NCC(=O)OC(=O)[C@H]1NCCC1OC(=O)CN.